The molecule has 16 heavy (non-hydrogen) atoms. The highest BCUT2D eigenvalue weighted by Gasteiger charge is 2.33. The predicted octanol–water partition coefficient (Wildman–Crippen LogP) is 1.75. The van der Waals surface area contributed by atoms with Crippen LogP contribution < -0.4 is 0 Å². The third-order valence-electron chi connectivity index (χ3n) is 2.78. The van der Waals surface area contributed by atoms with Crippen molar-refractivity contribution in [2.75, 3.05) is 0 Å². The Bertz CT molecular complexity index is 586. The molecular formula is C10H10N4O2. The summed E-state index contributed by atoms with van der Waals surface area (Å²) >= 11 is 0. The molecule has 2 aromatic rings. The van der Waals surface area contributed by atoms with Gasteiger partial charge in [-0.2, -0.15) is 5.10 Å². The Balaban J connectivity index is 2.27. The van der Waals surface area contributed by atoms with Crippen molar-refractivity contribution in [3.05, 3.63) is 28.1 Å². The van der Waals surface area contributed by atoms with Gasteiger partial charge in [-0.3, -0.25) is 14.8 Å². The van der Waals surface area contributed by atoms with Crippen molar-refractivity contribution in [1.29, 1.82) is 0 Å². The predicted molar refractivity (Wildman–Crippen MR) is 57.1 cm³/mol. The third kappa shape index (κ3) is 1.34. The van der Waals surface area contributed by atoms with Crippen molar-refractivity contribution in [3.63, 3.8) is 0 Å². The molecule has 0 N–H and O–H groups in total. The van der Waals surface area contributed by atoms with E-state index in [1.807, 2.05) is 0 Å². The number of nitro groups is 1. The molecule has 0 unspecified atom stereocenters. The lowest BCUT2D eigenvalue weighted by molar-refractivity contribution is -0.385. The molecule has 0 spiro atoms. The second-order valence-electron chi connectivity index (χ2n) is 4.14. The van der Waals surface area contributed by atoms with E-state index in [1.165, 1.54) is 0 Å². The van der Waals surface area contributed by atoms with Crippen molar-refractivity contribution in [2.24, 2.45) is 7.05 Å². The zero-order chi connectivity index (χ0) is 11.3. The van der Waals surface area contributed by atoms with Crippen LogP contribution in [0, 0.1) is 10.1 Å². The van der Waals surface area contributed by atoms with Crippen LogP contribution in [0.5, 0.6) is 0 Å². The number of aromatic nitrogens is 3. The first-order chi connectivity index (χ1) is 7.65. The van der Waals surface area contributed by atoms with Crippen LogP contribution in [0.15, 0.2) is 12.3 Å². The van der Waals surface area contributed by atoms with Crippen LogP contribution in [0.4, 0.5) is 5.69 Å². The summed E-state index contributed by atoms with van der Waals surface area (Å²) in [4.78, 5) is 14.9. The monoisotopic (exact) mass is 218 g/mol. The maximum absolute atomic E-state index is 10.9. The molecule has 0 amide bonds. The molecule has 82 valence electrons. The number of aryl methyl sites for hydroxylation is 1. The first-order valence-electron chi connectivity index (χ1n) is 5.14. The van der Waals surface area contributed by atoms with Gasteiger partial charge in [-0.15, -0.1) is 0 Å². The number of fused-ring (bicyclic) bond motifs is 1. The van der Waals surface area contributed by atoms with Gasteiger partial charge in [0.1, 0.15) is 5.69 Å². The third-order valence-corrected chi connectivity index (χ3v) is 2.78. The van der Waals surface area contributed by atoms with Gasteiger partial charge in [-0.1, -0.05) is 0 Å². The molecule has 0 bridgehead atoms. The lowest BCUT2D eigenvalue weighted by Crippen LogP contribution is -1.97. The van der Waals surface area contributed by atoms with Gasteiger partial charge < -0.3 is 0 Å². The lowest BCUT2D eigenvalue weighted by Gasteiger charge is -1.99. The highest BCUT2D eigenvalue weighted by molar-refractivity contribution is 5.77. The Hall–Kier alpha value is -1.98. The van der Waals surface area contributed by atoms with Crippen LogP contribution in [0.1, 0.15) is 24.5 Å². The van der Waals surface area contributed by atoms with Crippen LogP contribution in [-0.2, 0) is 7.05 Å². The SMILES string of the molecule is Cn1cc2cc([N+](=O)[O-])c(C3CC3)nc2n1. The molecule has 0 atom stereocenters. The fourth-order valence-corrected chi connectivity index (χ4v) is 1.88. The number of hydrogen-bond donors (Lipinski definition) is 0. The molecule has 2 heterocycles. The van der Waals surface area contributed by atoms with Crippen molar-refractivity contribution in [2.45, 2.75) is 18.8 Å². The molecule has 0 saturated heterocycles. The maximum Gasteiger partial charge on any atom is 0.291 e. The van der Waals surface area contributed by atoms with E-state index in [-0.39, 0.29) is 16.5 Å². The van der Waals surface area contributed by atoms with E-state index in [0.29, 0.717) is 11.3 Å². The van der Waals surface area contributed by atoms with Crippen molar-refractivity contribution >= 4 is 16.7 Å². The van der Waals surface area contributed by atoms with Crippen molar-refractivity contribution in [1.82, 2.24) is 14.8 Å². The molecule has 6 nitrogen and oxygen atoms in total. The Morgan fingerprint density at radius 3 is 2.94 bits per heavy atom. The molecule has 2 aromatic heterocycles. The van der Waals surface area contributed by atoms with E-state index in [1.54, 1.807) is 24.0 Å². The summed E-state index contributed by atoms with van der Waals surface area (Å²) in [7, 11) is 1.78. The van der Waals surface area contributed by atoms with Gasteiger partial charge in [0.15, 0.2) is 5.65 Å². The molecule has 3 rings (SSSR count). The van der Waals surface area contributed by atoms with Crippen LogP contribution >= 0.6 is 0 Å². The van der Waals surface area contributed by atoms with Gasteiger partial charge in [0.25, 0.3) is 5.69 Å². The molecule has 1 aliphatic carbocycles. The van der Waals surface area contributed by atoms with E-state index in [0.717, 1.165) is 18.2 Å². The molecular weight excluding hydrogens is 208 g/mol. The van der Waals surface area contributed by atoms with Gasteiger partial charge in [0.05, 0.1) is 4.92 Å². The quantitative estimate of drug-likeness (QED) is 0.568. The van der Waals surface area contributed by atoms with Crippen molar-refractivity contribution in [3.8, 4) is 0 Å². The number of rotatable bonds is 2. The normalized spacial score (nSPS) is 15.6. The van der Waals surface area contributed by atoms with E-state index < -0.39 is 0 Å². The summed E-state index contributed by atoms with van der Waals surface area (Å²) in [6, 6.07) is 1.57. The smallest absolute Gasteiger partial charge is 0.273 e. The summed E-state index contributed by atoms with van der Waals surface area (Å²) in [5.41, 5.74) is 1.31. The van der Waals surface area contributed by atoms with E-state index in [2.05, 4.69) is 10.1 Å². The summed E-state index contributed by atoms with van der Waals surface area (Å²) in [5, 5.41) is 15.8. The summed E-state index contributed by atoms with van der Waals surface area (Å²) in [6.07, 6.45) is 3.73. The van der Waals surface area contributed by atoms with Crippen molar-refractivity contribution < 1.29 is 4.92 Å². The summed E-state index contributed by atoms with van der Waals surface area (Å²) < 4.78 is 1.62. The number of nitrogens with zero attached hydrogens (tertiary/aromatic N) is 4. The topological polar surface area (TPSA) is 73.8 Å². The lowest BCUT2D eigenvalue weighted by atomic mass is 10.2. The minimum atomic E-state index is -0.354. The fraction of sp³-hybridized carbons (Fsp3) is 0.400. The van der Waals surface area contributed by atoms with Gasteiger partial charge >= 0.3 is 0 Å². The molecule has 1 saturated carbocycles. The fourth-order valence-electron chi connectivity index (χ4n) is 1.88. The Labute approximate surface area is 91.0 Å². The Morgan fingerprint density at radius 1 is 1.56 bits per heavy atom. The minimum Gasteiger partial charge on any atom is -0.273 e. The molecule has 0 radical (unpaired) electrons. The van der Waals surface area contributed by atoms with Gasteiger partial charge in [-0.25, -0.2) is 4.98 Å². The molecule has 1 aliphatic rings. The standard InChI is InChI=1S/C10H10N4O2/c1-13-5-7-4-8(14(15)16)9(6-2-3-6)11-10(7)12-13/h4-6H,2-3H2,1H3. The highest BCUT2D eigenvalue weighted by Crippen LogP contribution is 2.43. The summed E-state index contributed by atoms with van der Waals surface area (Å²) in [6.45, 7) is 0. The highest BCUT2D eigenvalue weighted by atomic mass is 16.6. The van der Waals surface area contributed by atoms with Crippen LogP contribution in [0.3, 0.4) is 0 Å². The Kier molecular flexibility index (Phi) is 1.74. The molecule has 6 heteroatoms. The van der Waals surface area contributed by atoms with Gasteiger partial charge in [-0.05, 0) is 12.8 Å². The average molecular weight is 218 g/mol. The molecule has 0 aliphatic heterocycles. The summed E-state index contributed by atoms with van der Waals surface area (Å²) in [5.74, 6) is 0.256. The van der Waals surface area contributed by atoms with Crippen LogP contribution in [-0.4, -0.2) is 19.7 Å². The number of hydrogen-bond acceptors (Lipinski definition) is 4. The van der Waals surface area contributed by atoms with Gasteiger partial charge in [0.2, 0.25) is 0 Å². The zero-order valence-electron chi connectivity index (χ0n) is 8.75. The largest absolute Gasteiger partial charge is 0.291 e. The van der Waals surface area contributed by atoms with Crippen LogP contribution in [0.2, 0.25) is 0 Å². The first-order valence-corrected chi connectivity index (χ1v) is 5.14. The van der Waals surface area contributed by atoms with Crippen LogP contribution in [0.25, 0.3) is 11.0 Å². The van der Waals surface area contributed by atoms with Gasteiger partial charge in [0, 0.05) is 30.6 Å². The van der Waals surface area contributed by atoms with E-state index in [4.69, 9.17) is 0 Å². The Morgan fingerprint density at radius 2 is 2.31 bits per heavy atom. The zero-order valence-corrected chi connectivity index (χ0v) is 8.75. The maximum atomic E-state index is 10.9. The first kappa shape index (κ1) is 9.26. The second kappa shape index (κ2) is 3.01. The average Bonchev–Trinajstić information content (AvgIpc) is 2.98. The molecule has 0 aromatic carbocycles. The number of pyridine rings is 1. The van der Waals surface area contributed by atoms with E-state index in [9.17, 15) is 10.1 Å². The second-order valence-corrected chi connectivity index (χ2v) is 4.14. The minimum absolute atomic E-state index is 0.128. The van der Waals surface area contributed by atoms with E-state index >= 15 is 0 Å². The molecule has 1 fully saturated rings.